The number of carbonyl (C=O) groups is 2. The lowest BCUT2D eigenvalue weighted by atomic mass is 10.1. The number of hydrogen-bond donors (Lipinski definition) is 2. The fraction of sp³-hybridized carbons (Fsp3) is 0.0370. The number of nitrogens with one attached hydrogen (secondary N) is 2. The van der Waals surface area contributed by atoms with Crippen molar-refractivity contribution in [3.8, 4) is 0 Å². The molecule has 0 bridgehead atoms. The zero-order valence-electron chi connectivity index (χ0n) is 18.8. The first-order valence-electron chi connectivity index (χ1n) is 10.8. The van der Waals surface area contributed by atoms with Gasteiger partial charge in [0.25, 0.3) is 11.6 Å². The highest BCUT2D eigenvalue weighted by Gasteiger charge is 2.22. The number of halogens is 1. The van der Waals surface area contributed by atoms with Crippen LogP contribution in [0, 0.1) is 10.1 Å². The minimum atomic E-state index is -0.532. The minimum absolute atomic E-state index is 0.0849. The van der Waals surface area contributed by atoms with E-state index in [1.807, 2.05) is 60.7 Å². The second-order valence-corrected chi connectivity index (χ2v) is 9.78. The van der Waals surface area contributed by atoms with Crippen LogP contribution in [0.15, 0.2) is 112 Å². The fourth-order valence-electron chi connectivity index (χ4n) is 3.36. The molecule has 9 heteroatoms. The summed E-state index contributed by atoms with van der Waals surface area (Å²) in [6.45, 7) is 0. The standard InChI is InChI=1S/C27H20BrN3O4S/c28-20-11-13-21(14-12-20)29-27(33)25(18-5-2-1-3-6-18)36-24-8-4-7-22(17-24)30-26(32)19-9-15-23(16-10-19)31(34)35/h1-17,25H,(H,29,33)(H,30,32). The summed E-state index contributed by atoms with van der Waals surface area (Å²) < 4.78 is 0.919. The molecule has 4 rings (SSSR count). The third-order valence-electron chi connectivity index (χ3n) is 5.14. The van der Waals surface area contributed by atoms with E-state index in [9.17, 15) is 19.7 Å². The van der Waals surface area contributed by atoms with E-state index in [1.165, 1.54) is 36.0 Å². The van der Waals surface area contributed by atoms with E-state index in [0.29, 0.717) is 16.9 Å². The molecule has 0 aliphatic rings. The van der Waals surface area contributed by atoms with E-state index in [4.69, 9.17) is 0 Å². The van der Waals surface area contributed by atoms with Gasteiger partial charge in [0.15, 0.2) is 0 Å². The summed E-state index contributed by atoms with van der Waals surface area (Å²) in [5.41, 5.74) is 2.29. The Hall–Kier alpha value is -3.95. The van der Waals surface area contributed by atoms with E-state index in [2.05, 4.69) is 26.6 Å². The van der Waals surface area contributed by atoms with Crippen LogP contribution in [-0.2, 0) is 4.79 Å². The van der Waals surface area contributed by atoms with Crippen molar-refractivity contribution >= 4 is 56.6 Å². The number of amides is 2. The van der Waals surface area contributed by atoms with Gasteiger partial charge >= 0.3 is 0 Å². The Balaban J connectivity index is 1.51. The number of benzene rings is 4. The molecule has 2 N–H and O–H groups in total. The largest absolute Gasteiger partial charge is 0.325 e. The topological polar surface area (TPSA) is 101 Å². The third-order valence-corrected chi connectivity index (χ3v) is 6.92. The molecule has 0 heterocycles. The summed E-state index contributed by atoms with van der Waals surface area (Å²) >= 11 is 4.76. The van der Waals surface area contributed by atoms with E-state index >= 15 is 0 Å². The summed E-state index contributed by atoms with van der Waals surface area (Å²) in [7, 11) is 0. The van der Waals surface area contributed by atoms with Crippen LogP contribution in [-0.4, -0.2) is 16.7 Å². The van der Waals surface area contributed by atoms with Crippen LogP contribution in [0.3, 0.4) is 0 Å². The van der Waals surface area contributed by atoms with Gasteiger partial charge in [-0.15, -0.1) is 11.8 Å². The van der Waals surface area contributed by atoms with Crippen molar-refractivity contribution in [1.29, 1.82) is 0 Å². The molecule has 1 atom stereocenters. The zero-order chi connectivity index (χ0) is 25.5. The SMILES string of the molecule is O=C(Nc1cccc(SC(C(=O)Nc2ccc(Br)cc2)c2ccccc2)c1)c1ccc([N+](=O)[O-])cc1. The van der Waals surface area contributed by atoms with Crippen molar-refractivity contribution in [2.75, 3.05) is 10.6 Å². The lowest BCUT2D eigenvalue weighted by Crippen LogP contribution is -2.19. The first-order valence-corrected chi connectivity index (χ1v) is 12.5. The molecule has 0 saturated heterocycles. The van der Waals surface area contributed by atoms with Crippen molar-refractivity contribution in [3.05, 3.63) is 129 Å². The van der Waals surface area contributed by atoms with Gasteiger partial charge < -0.3 is 10.6 Å². The molecule has 0 aliphatic carbocycles. The van der Waals surface area contributed by atoms with Crippen LogP contribution in [0.25, 0.3) is 0 Å². The van der Waals surface area contributed by atoms with E-state index in [0.717, 1.165) is 14.9 Å². The highest BCUT2D eigenvalue weighted by atomic mass is 79.9. The first-order chi connectivity index (χ1) is 17.4. The fourth-order valence-corrected chi connectivity index (χ4v) is 4.71. The number of carbonyl (C=O) groups excluding carboxylic acids is 2. The van der Waals surface area contributed by atoms with Gasteiger partial charge in [-0.05, 0) is 60.2 Å². The van der Waals surface area contributed by atoms with Crippen molar-refractivity contribution in [3.63, 3.8) is 0 Å². The Labute approximate surface area is 220 Å². The molecule has 0 aliphatic heterocycles. The number of non-ortho nitro benzene ring substituents is 1. The van der Waals surface area contributed by atoms with E-state index < -0.39 is 10.2 Å². The molecular formula is C27H20BrN3O4S. The Morgan fingerprint density at radius 1 is 0.806 bits per heavy atom. The highest BCUT2D eigenvalue weighted by Crippen LogP contribution is 2.37. The van der Waals surface area contributed by atoms with Gasteiger partial charge in [-0.3, -0.25) is 19.7 Å². The predicted molar refractivity (Wildman–Crippen MR) is 145 cm³/mol. The molecule has 0 spiro atoms. The third kappa shape index (κ3) is 6.59. The average Bonchev–Trinajstić information content (AvgIpc) is 2.89. The molecule has 0 aromatic heterocycles. The summed E-state index contributed by atoms with van der Waals surface area (Å²) in [6.07, 6.45) is 0. The van der Waals surface area contributed by atoms with Crippen molar-refractivity contribution < 1.29 is 14.5 Å². The number of anilines is 2. The molecule has 180 valence electrons. The summed E-state index contributed by atoms with van der Waals surface area (Å²) in [6, 6.07) is 29.4. The number of thioether (sulfide) groups is 1. The summed E-state index contributed by atoms with van der Waals surface area (Å²) in [5, 5.41) is 16.1. The molecular weight excluding hydrogens is 542 g/mol. The molecule has 2 amide bonds. The van der Waals surface area contributed by atoms with Crippen LogP contribution in [0.5, 0.6) is 0 Å². The maximum Gasteiger partial charge on any atom is 0.269 e. The first kappa shape index (κ1) is 25.2. The number of hydrogen-bond acceptors (Lipinski definition) is 5. The van der Waals surface area contributed by atoms with Gasteiger partial charge in [0.2, 0.25) is 5.91 Å². The maximum atomic E-state index is 13.3. The molecule has 7 nitrogen and oxygen atoms in total. The van der Waals surface area contributed by atoms with Crippen LogP contribution < -0.4 is 10.6 Å². The van der Waals surface area contributed by atoms with Gasteiger partial charge in [0.1, 0.15) is 5.25 Å². The van der Waals surface area contributed by atoms with Gasteiger partial charge in [-0.1, -0.05) is 52.3 Å². The zero-order valence-corrected chi connectivity index (χ0v) is 21.2. The van der Waals surface area contributed by atoms with Gasteiger partial charge in [-0.25, -0.2) is 0 Å². The van der Waals surface area contributed by atoms with Crippen LogP contribution in [0.2, 0.25) is 0 Å². The van der Waals surface area contributed by atoms with Crippen LogP contribution in [0.1, 0.15) is 21.2 Å². The van der Waals surface area contributed by atoms with Gasteiger partial charge in [-0.2, -0.15) is 0 Å². The average molecular weight is 562 g/mol. The number of nitro benzene ring substituents is 1. The van der Waals surface area contributed by atoms with Crippen LogP contribution in [0.4, 0.5) is 17.1 Å². The second kappa shape index (κ2) is 11.7. The minimum Gasteiger partial charge on any atom is -0.325 e. The normalized spacial score (nSPS) is 11.4. The monoisotopic (exact) mass is 561 g/mol. The van der Waals surface area contributed by atoms with Crippen molar-refractivity contribution in [2.24, 2.45) is 0 Å². The number of rotatable bonds is 8. The maximum absolute atomic E-state index is 13.3. The Morgan fingerprint density at radius 3 is 2.17 bits per heavy atom. The Bertz CT molecular complexity index is 1380. The number of nitrogens with zero attached hydrogens (tertiary/aromatic N) is 1. The van der Waals surface area contributed by atoms with E-state index in [-0.39, 0.29) is 17.5 Å². The van der Waals surface area contributed by atoms with E-state index in [1.54, 1.807) is 18.2 Å². The molecule has 4 aromatic carbocycles. The van der Waals surface area contributed by atoms with Gasteiger partial charge in [0, 0.05) is 38.4 Å². The highest BCUT2D eigenvalue weighted by molar-refractivity contribution is 9.10. The summed E-state index contributed by atoms with van der Waals surface area (Å²) in [4.78, 5) is 37.0. The smallest absolute Gasteiger partial charge is 0.269 e. The number of nitro groups is 1. The predicted octanol–water partition coefficient (Wildman–Crippen LogP) is 7.08. The van der Waals surface area contributed by atoms with Crippen LogP contribution >= 0.6 is 27.7 Å². The van der Waals surface area contributed by atoms with Gasteiger partial charge in [0.05, 0.1) is 4.92 Å². The lowest BCUT2D eigenvalue weighted by Gasteiger charge is -2.18. The molecule has 1 unspecified atom stereocenters. The lowest BCUT2D eigenvalue weighted by molar-refractivity contribution is -0.384. The molecule has 0 fully saturated rings. The molecule has 36 heavy (non-hydrogen) atoms. The second-order valence-electron chi connectivity index (χ2n) is 7.69. The summed E-state index contributed by atoms with van der Waals surface area (Å²) in [5.74, 6) is -0.562. The Morgan fingerprint density at radius 2 is 1.50 bits per heavy atom. The molecule has 4 aromatic rings. The Kier molecular flexibility index (Phi) is 8.14. The molecule has 0 radical (unpaired) electrons. The molecule has 0 saturated carbocycles. The van der Waals surface area contributed by atoms with Crippen molar-refractivity contribution in [2.45, 2.75) is 10.1 Å². The van der Waals surface area contributed by atoms with Crippen molar-refractivity contribution in [1.82, 2.24) is 0 Å². The quantitative estimate of drug-likeness (QED) is 0.136.